The number of rotatable bonds is 4. The molecule has 0 radical (unpaired) electrons. The Balaban J connectivity index is 1.86. The summed E-state index contributed by atoms with van der Waals surface area (Å²) < 4.78 is 0. The SMILES string of the molecule is N#Cc1nc(NCCC2CCC2)ccc1N. The molecule has 3 N–H and O–H groups in total. The van der Waals surface area contributed by atoms with Crippen LogP contribution in [0.4, 0.5) is 11.5 Å². The molecule has 1 fully saturated rings. The molecule has 0 unspecified atom stereocenters. The number of nitrogens with one attached hydrogen (secondary N) is 1. The van der Waals surface area contributed by atoms with E-state index in [1.54, 1.807) is 6.07 Å². The second-order valence-corrected chi connectivity index (χ2v) is 4.26. The van der Waals surface area contributed by atoms with Crippen molar-refractivity contribution >= 4 is 11.5 Å². The van der Waals surface area contributed by atoms with Gasteiger partial charge in [-0.25, -0.2) is 4.98 Å². The zero-order valence-corrected chi connectivity index (χ0v) is 9.24. The van der Waals surface area contributed by atoms with Crippen molar-refractivity contribution in [1.82, 2.24) is 4.98 Å². The third-order valence-corrected chi connectivity index (χ3v) is 3.12. The predicted molar refractivity (Wildman–Crippen MR) is 63.8 cm³/mol. The first-order valence-electron chi connectivity index (χ1n) is 5.70. The van der Waals surface area contributed by atoms with E-state index in [0.29, 0.717) is 11.4 Å². The third-order valence-electron chi connectivity index (χ3n) is 3.12. The summed E-state index contributed by atoms with van der Waals surface area (Å²) in [6.45, 7) is 0.923. The summed E-state index contributed by atoms with van der Waals surface area (Å²) >= 11 is 0. The summed E-state index contributed by atoms with van der Waals surface area (Å²) in [5, 5.41) is 12.0. The molecule has 1 aromatic rings. The van der Waals surface area contributed by atoms with E-state index in [2.05, 4.69) is 10.3 Å². The van der Waals surface area contributed by atoms with Crippen LogP contribution in [0.3, 0.4) is 0 Å². The van der Waals surface area contributed by atoms with Gasteiger partial charge in [0.2, 0.25) is 0 Å². The molecule has 1 aliphatic carbocycles. The van der Waals surface area contributed by atoms with Gasteiger partial charge in [-0.05, 0) is 24.5 Å². The van der Waals surface area contributed by atoms with Crippen LogP contribution in [0.5, 0.6) is 0 Å². The van der Waals surface area contributed by atoms with Gasteiger partial charge >= 0.3 is 0 Å². The van der Waals surface area contributed by atoms with Gasteiger partial charge < -0.3 is 11.1 Å². The van der Waals surface area contributed by atoms with Crippen LogP contribution in [0.1, 0.15) is 31.4 Å². The molecule has 4 heteroatoms. The first kappa shape index (κ1) is 10.7. The predicted octanol–water partition coefficient (Wildman–Crippen LogP) is 2.14. The quantitative estimate of drug-likeness (QED) is 0.808. The van der Waals surface area contributed by atoms with Gasteiger partial charge in [0.1, 0.15) is 11.9 Å². The highest BCUT2D eigenvalue weighted by Crippen LogP contribution is 2.29. The summed E-state index contributed by atoms with van der Waals surface area (Å²) in [5.41, 5.74) is 6.33. The van der Waals surface area contributed by atoms with Gasteiger partial charge in [-0.2, -0.15) is 5.26 Å². The van der Waals surface area contributed by atoms with Crippen molar-refractivity contribution in [3.63, 3.8) is 0 Å². The number of pyridine rings is 1. The maximum Gasteiger partial charge on any atom is 0.165 e. The molecule has 0 atom stereocenters. The summed E-state index contributed by atoms with van der Waals surface area (Å²) in [6, 6.07) is 5.52. The molecule has 0 aromatic carbocycles. The first-order valence-corrected chi connectivity index (χ1v) is 5.70. The number of aromatic nitrogens is 1. The fourth-order valence-electron chi connectivity index (χ4n) is 1.84. The second-order valence-electron chi connectivity index (χ2n) is 4.26. The normalized spacial score (nSPS) is 15.2. The minimum atomic E-state index is 0.300. The monoisotopic (exact) mass is 216 g/mol. The summed E-state index contributed by atoms with van der Waals surface area (Å²) in [5.74, 6) is 1.63. The van der Waals surface area contributed by atoms with Crippen LogP contribution < -0.4 is 11.1 Å². The largest absolute Gasteiger partial charge is 0.396 e. The van der Waals surface area contributed by atoms with Crippen molar-refractivity contribution in [2.45, 2.75) is 25.7 Å². The van der Waals surface area contributed by atoms with Gasteiger partial charge in [0.25, 0.3) is 0 Å². The van der Waals surface area contributed by atoms with Gasteiger partial charge in [-0.3, -0.25) is 0 Å². The maximum atomic E-state index is 8.78. The van der Waals surface area contributed by atoms with Crippen molar-refractivity contribution in [2.75, 3.05) is 17.6 Å². The Morgan fingerprint density at radius 1 is 1.50 bits per heavy atom. The van der Waals surface area contributed by atoms with E-state index in [1.165, 1.54) is 25.7 Å². The average Bonchev–Trinajstić information content (AvgIpc) is 2.24. The molecule has 4 nitrogen and oxygen atoms in total. The molecule has 0 saturated heterocycles. The van der Waals surface area contributed by atoms with Gasteiger partial charge in [0.15, 0.2) is 5.69 Å². The number of nitrogens with zero attached hydrogens (tertiary/aromatic N) is 2. The Hall–Kier alpha value is -1.76. The topological polar surface area (TPSA) is 74.7 Å². The van der Waals surface area contributed by atoms with E-state index in [-0.39, 0.29) is 0 Å². The molecule has 16 heavy (non-hydrogen) atoms. The molecule has 1 heterocycles. The summed E-state index contributed by atoms with van der Waals surface area (Å²) in [7, 11) is 0. The van der Waals surface area contributed by atoms with Crippen molar-refractivity contribution in [1.29, 1.82) is 5.26 Å². The van der Waals surface area contributed by atoms with Crippen LogP contribution in [0.15, 0.2) is 12.1 Å². The molecule has 0 spiro atoms. The molecule has 84 valence electrons. The lowest BCUT2D eigenvalue weighted by atomic mass is 9.83. The van der Waals surface area contributed by atoms with Crippen LogP contribution in [0, 0.1) is 17.2 Å². The van der Waals surface area contributed by atoms with Crippen molar-refractivity contribution < 1.29 is 0 Å². The van der Waals surface area contributed by atoms with Gasteiger partial charge in [0.05, 0.1) is 5.69 Å². The Labute approximate surface area is 95.5 Å². The van der Waals surface area contributed by atoms with E-state index in [0.717, 1.165) is 18.3 Å². The summed E-state index contributed by atoms with van der Waals surface area (Å²) in [4.78, 5) is 4.13. The highest BCUT2D eigenvalue weighted by atomic mass is 15.0. The van der Waals surface area contributed by atoms with Gasteiger partial charge in [0, 0.05) is 6.54 Å². The minimum Gasteiger partial charge on any atom is -0.396 e. The van der Waals surface area contributed by atoms with E-state index in [1.807, 2.05) is 12.1 Å². The molecule has 1 saturated carbocycles. The van der Waals surface area contributed by atoms with Gasteiger partial charge in [-0.15, -0.1) is 0 Å². The van der Waals surface area contributed by atoms with E-state index < -0.39 is 0 Å². The molecular formula is C12H16N4. The first-order chi connectivity index (χ1) is 7.79. The maximum absolute atomic E-state index is 8.78. The average molecular weight is 216 g/mol. The van der Waals surface area contributed by atoms with Crippen LogP contribution in [0.2, 0.25) is 0 Å². The third kappa shape index (κ3) is 2.43. The molecule has 0 bridgehead atoms. The summed E-state index contributed by atoms with van der Waals surface area (Å²) in [6.07, 6.45) is 5.29. The Kier molecular flexibility index (Phi) is 3.25. The number of hydrogen-bond donors (Lipinski definition) is 2. The second kappa shape index (κ2) is 4.84. The number of nitriles is 1. The van der Waals surface area contributed by atoms with E-state index in [4.69, 9.17) is 11.0 Å². The highest BCUT2D eigenvalue weighted by Gasteiger charge is 2.16. The fraction of sp³-hybridized carbons (Fsp3) is 0.500. The zero-order valence-electron chi connectivity index (χ0n) is 9.24. The lowest BCUT2D eigenvalue weighted by molar-refractivity contribution is 0.303. The van der Waals surface area contributed by atoms with E-state index in [9.17, 15) is 0 Å². The van der Waals surface area contributed by atoms with Crippen LogP contribution in [-0.2, 0) is 0 Å². The molecule has 1 aromatic heterocycles. The lowest BCUT2D eigenvalue weighted by Gasteiger charge is -2.25. The smallest absolute Gasteiger partial charge is 0.165 e. The number of anilines is 2. The highest BCUT2D eigenvalue weighted by molar-refractivity contribution is 5.54. The Morgan fingerprint density at radius 2 is 2.31 bits per heavy atom. The van der Waals surface area contributed by atoms with Crippen LogP contribution in [-0.4, -0.2) is 11.5 Å². The van der Waals surface area contributed by atoms with Crippen LogP contribution in [0.25, 0.3) is 0 Å². The van der Waals surface area contributed by atoms with E-state index >= 15 is 0 Å². The molecule has 1 aliphatic rings. The Morgan fingerprint density at radius 3 is 2.94 bits per heavy atom. The van der Waals surface area contributed by atoms with Crippen molar-refractivity contribution in [2.24, 2.45) is 5.92 Å². The standard InChI is InChI=1S/C12H16N4/c13-8-11-10(14)4-5-12(16-11)15-7-6-9-2-1-3-9/h4-5,9H,1-3,6-7,14H2,(H,15,16). The molecular weight excluding hydrogens is 200 g/mol. The molecule has 2 rings (SSSR count). The number of hydrogen-bond acceptors (Lipinski definition) is 4. The number of nitrogens with two attached hydrogens (primary N) is 1. The molecule has 0 aliphatic heterocycles. The lowest BCUT2D eigenvalue weighted by Crippen LogP contribution is -2.16. The minimum absolute atomic E-state index is 0.300. The van der Waals surface area contributed by atoms with Crippen LogP contribution >= 0.6 is 0 Å². The molecule has 0 amide bonds. The zero-order chi connectivity index (χ0) is 11.4. The number of nitrogen functional groups attached to an aromatic ring is 1. The van der Waals surface area contributed by atoms with Gasteiger partial charge in [-0.1, -0.05) is 19.3 Å². The Bertz CT molecular complexity index is 404. The van der Waals surface area contributed by atoms with Crippen molar-refractivity contribution in [3.05, 3.63) is 17.8 Å². The van der Waals surface area contributed by atoms with Crippen molar-refractivity contribution in [3.8, 4) is 6.07 Å². The fourth-order valence-corrected chi connectivity index (χ4v) is 1.84.